The molecule has 204 valence electrons. The van der Waals surface area contributed by atoms with Crippen LogP contribution in [0.25, 0.3) is 10.9 Å². The molecule has 6 rings (SSSR count). The summed E-state index contributed by atoms with van der Waals surface area (Å²) in [6, 6.07) is 24.4. The van der Waals surface area contributed by atoms with Crippen LogP contribution in [0.5, 0.6) is 0 Å². The topological polar surface area (TPSA) is 79.7 Å². The average molecular weight is 537 g/mol. The second-order valence-corrected chi connectivity index (χ2v) is 10.8. The van der Waals surface area contributed by atoms with E-state index >= 15 is 0 Å². The molecule has 2 heterocycles. The minimum absolute atomic E-state index is 0.168. The van der Waals surface area contributed by atoms with E-state index in [1.54, 1.807) is 12.1 Å². The highest BCUT2D eigenvalue weighted by atomic mass is 19.1. The molecule has 0 radical (unpaired) electrons. The summed E-state index contributed by atoms with van der Waals surface area (Å²) in [7, 11) is 0. The first-order valence-electron chi connectivity index (χ1n) is 14.0. The van der Waals surface area contributed by atoms with Crippen molar-refractivity contribution in [3.8, 4) is 0 Å². The Morgan fingerprint density at radius 3 is 2.42 bits per heavy atom. The van der Waals surface area contributed by atoms with Gasteiger partial charge in [0.25, 0.3) is 5.56 Å². The highest BCUT2D eigenvalue weighted by molar-refractivity contribution is 5.79. The Balaban J connectivity index is 1.52. The van der Waals surface area contributed by atoms with Gasteiger partial charge in [0, 0.05) is 24.2 Å². The first kappa shape index (κ1) is 26.1. The molecule has 8 heteroatoms. The molecule has 1 aliphatic rings. The number of pyridine rings is 1. The summed E-state index contributed by atoms with van der Waals surface area (Å²) in [5, 5.41) is 14.1. The maximum Gasteiger partial charge on any atom is 0.253 e. The second-order valence-electron chi connectivity index (χ2n) is 10.8. The smallest absolute Gasteiger partial charge is 0.253 e. The largest absolute Gasteiger partial charge is 0.322 e. The van der Waals surface area contributed by atoms with E-state index in [2.05, 4.69) is 37.5 Å². The lowest BCUT2D eigenvalue weighted by Gasteiger charge is -2.33. The molecule has 1 N–H and O–H groups in total. The van der Waals surface area contributed by atoms with Gasteiger partial charge in [-0.05, 0) is 76.5 Å². The fraction of sp³-hybridized carbons (Fsp3) is 0.312. The van der Waals surface area contributed by atoms with Gasteiger partial charge < -0.3 is 4.98 Å². The number of benzene rings is 3. The molecule has 0 aliphatic heterocycles. The van der Waals surface area contributed by atoms with Gasteiger partial charge in [-0.1, -0.05) is 73.9 Å². The van der Waals surface area contributed by atoms with E-state index in [-0.39, 0.29) is 17.4 Å². The monoisotopic (exact) mass is 536 g/mol. The lowest BCUT2D eigenvalue weighted by Crippen LogP contribution is -2.35. The molecule has 1 fully saturated rings. The number of nitrogens with zero attached hydrogens (tertiary/aromatic N) is 5. The van der Waals surface area contributed by atoms with Gasteiger partial charge in [-0.3, -0.25) is 9.69 Å². The number of aromatic nitrogens is 5. The molecular formula is C32H33FN6O. The third-order valence-electron chi connectivity index (χ3n) is 7.90. The zero-order chi connectivity index (χ0) is 27.5. The normalized spacial score (nSPS) is 15.1. The van der Waals surface area contributed by atoms with Crippen molar-refractivity contribution in [1.29, 1.82) is 0 Å². The first-order valence-corrected chi connectivity index (χ1v) is 14.0. The van der Waals surface area contributed by atoms with Crippen molar-refractivity contribution in [3.05, 3.63) is 123 Å². The number of rotatable bonds is 8. The second kappa shape index (κ2) is 11.5. The molecule has 2 aromatic heterocycles. The van der Waals surface area contributed by atoms with Crippen LogP contribution in [0.2, 0.25) is 0 Å². The van der Waals surface area contributed by atoms with Gasteiger partial charge in [0.1, 0.15) is 11.9 Å². The fourth-order valence-electron chi connectivity index (χ4n) is 5.88. The van der Waals surface area contributed by atoms with Crippen LogP contribution in [0.1, 0.15) is 72.3 Å². The highest BCUT2D eigenvalue weighted by Gasteiger charge is 2.33. The SMILES string of the molecule is Cc1ccc2cc(C(c3nnnn3C3CCCCC3)N(Cc3ccccc3)Cc3ccc(F)cc3)c(=O)[nH]c2c1. The van der Waals surface area contributed by atoms with Gasteiger partial charge >= 0.3 is 0 Å². The van der Waals surface area contributed by atoms with E-state index in [9.17, 15) is 9.18 Å². The van der Waals surface area contributed by atoms with Crippen molar-refractivity contribution in [1.82, 2.24) is 30.1 Å². The number of H-pyrrole nitrogens is 1. The van der Waals surface area contributed by atoms with E-state index < -0.39 is 6.04 Å². The summed E-state index contributed by atoms with van der Waals surface area (Å²) < 4.78 is 15.8. The van der Waals surface area contributed by atoms with Gasteiger partial charge in [0.05, 0.1) is 6.04 Å². The van der Waals surface area contributed by atoms with Crippen molar-refractivity contribution in [2.75, 3.05) is 0 Å². The number of aryl methyl sites for hydroxylation is 1. The molecule has 0 amide bonds. The predicted molar refractivity (Wildman–Crippen MR) is 153 cm³/mol. The number of nitrogens with one attached hydrogen (secondary N) is 1. The minimum Gasteiger partial charge on any atom is -0.322 e. The molecular weight excluding hydrogens is 503 g/mol. The molecule has 5 aromatic rings. The van der Waals surface area contributed by atoms with E-state index in [1.807, 2.05) is 54.1 Å². The summed E-state index contributed by atoms with van der Waals surface area (Å²) in [6.45, 7) is 3.03. The van der Waals surface area contributed by atoms with Gasteiger partial charge in [0.15, 0.2) is 5.82 Å². The predicted octanol–water partition coefficient (Wildman–Crippen LogP) is 6.26. The number of hydrogen-bond donors (Lipinski definition) is 1. The van der Waals surface area contributed by atoms with E-state index in [0.29, 0.717) is 24.5 Å². The molecule has 0 bridgehead atoms. The van der Waals surface area contributed by atoms with Crippen molar-refractivity contribution in [2.24, 2.45) is 0 Å². The van der Waals surface area contributed by atoms with Gasteiger partial charge in [-0.15, -0.1) is 5.10 Å². The fourth-order valence-corrected chi connectivity index (χ4v) is 5.88. The molecule has 1 unspecified atom stereocenters. The Labute approximate surface area is 232 Å². The lowest BCUT2D eigenvalue weighted by molar-refractivity contribution is 0.186. The summed E-state index contributed by atoms with van der Waals surface area (Å²) in [6.07, 6.45) is 5.50. The average Bonchev–Trinajstić information content (AvgIpc) is 3.45. The van der Waals surface area contributed by atoms with Gasteiger partial charge in [0.2, 0.25) is 0 Å². The molecule has 1 atom stereocenters. The third-order valence-corrected chi connectivity index (χ3v) is 7.90. The Kier molecular flexibility index (Phi) is 7.51. The Morgan fingerprint density at radius 2 is 1.68 bits per heavy atom. The number of halogens is 1. The molecule has 0 saturated heterocycles. The Hall–Kier alpha value is -4.17. The van der Waals surface area contributed by atoms with Crippen LogP contribution in [-0.2, 0) is 13.1 Å². The maximum atomic E-state index is 13.8. The molecule has 0 spiro atoms. The molecule has 1 aliphatic carbocycles. The number of hydrogen-bond acceptors (Lipinski definition) is 5. The van der Waals surface area contributed by atoms with Crippen LogP contribution in [0, 0.1) is 12.7 Å². The highest BCUT2D eigenvalue weighted by Crippen LogP contribution is 2.34. The summed E-state index contributed by atoms with van der Waals surface area (Å²) in [5.74, 6) is 0.374. The summed E-state index contributed by atoms with van der Waals surface area (Å²) in [4.78, 5) is 19.2. The van der Waals surface area contributed by atoms with Crippen molar-refractivity contribution in [3.63, 3.8) is 0 Å². The molecule has 1 saturated carbocycles. The van der Waals surface area contributed by atoms with E-state index in [0.717, 1.165) is 53.3 Å². The molecule has 40 heavy (non-hydrogen) atoms. The Morgan fingerprint density at radius 1 is 0.950 bits per heavy atom. The van der Waals surface area contributed by atoms with Crippen LogP contribution >= 0.6 is 0 Å². The standard InChI is InChI=1S/C32H33FN6O/c1-22-12-15-25-19-28(32(40)34-29(25)18-22)30(31-35-36-37-39(31)27-10-6-3-7-11-27)38(20-23-8-4-2-5-9-23)21-24-13-16-26(33)17-14-24/h2,4-5,8-9,12-19,27,30H,3,6-7,10-11,20-21H2,1H3,(H,34,40). The Bertz CT molecular complexity index is 1640. The number of aromatic amines is 1. The van der Waals surface area contributed by atoms with Crippen LogP contribution in [0.4, 0.5) is 4.39 Å². The van der Waals surface area contributed by atoms with Crippen molar-refractivity contribution < 1.29 is 4.39 Å². The van der Waals surface area contributed by atoms with Crippen molar-refractivity contribution >= 4 is 10.9 Å². The minimum atomic E-state index is -0.531. The summed E-state index contributed by atoms with van der Waals surface area (Å²) >= 11 is 0. The number of fused-ring (bicyclic) bond motifs is 1. The third kappa shape index (κ3) is 5.58. The van der Waals surface area contributed by atoms with E-state index in [1.165, 1.54) is 18.6 Å². The van der Waals surface area contributed by atoms with Gasteiger partial charge in [-0.25, -0.2) is 9.07 Å². The zero-order valence-corrected chi connectivity index (χ0v) is 22.6. The first-order chi connectivity index (χ1) is 19.5. The number of tetrazole rings is 1. The van der Waals surface area contributed by atoms with E-state index in [4.69, 9.17) is 0 Å². The molecule has 3 aromatic carbocycles. The zero-order valence-electron chi connectivity index (χ0n) is 22.6. The van der Waals surface area contributed by atoms with Crippen LogP contribution in [0.15, 0.2) is 83.7 Å². The quantitative estimate of drug-likeness (QED) is 0.253. The van der Waals surface area contributed by atoms with Crippen LogP contribution in [0.3, 0.4) is 0 Å². The molecule has 7 nitrogen and oxygen atoms in total. The summed E-state index contributed by atoms with van der Waals surface area (Å²) in [5.41, 5.74) is 4.33. The van der Waals surface area contributed by atoms with Crippen molar-refractivity contribution in [2.45, 2.75) is 64.2 Å². The van der Waals surface area contributed by atoms with Gasteiger partial charge in [-0.2, -0.15) is 0 Å². The van der Waals surface area contributed by atoms with Crippen LogP contribution < -0.4 is 5.56 Å². The van der Waals surface area contributed by atoms with Crippen LogP contribution in [-0.4, -0.2) is 30.1 Å². The maximum absolute atomic E-state index is 13.8. The lowest BCUT2D eigenvalue weighted by atomic mass is 9.95.